The van der Waals surface area contributed by atoms with Crippen LogP contribution in [-0.4, -0.2) is 55.3 Å². The third-order valence-electron chi connectivity index (χ3n) is 6.73. The van der Waals surface area contributed by atoms with Gasteiger partial charge in [0.2, 0.25) is 0 Å². The van der Waals surface area contributed by atoms with Crippen LogP contribution in [0.5, 0.6) is 28.7 Å². The smallest absolute Gasteiger partial charge is 0.417 e. The summed E-state index contributed by atoms with van der Waals surface area (Å²) in [6.45, 7) is 2.22. The van der Waals surface area contributed by atoms with Crippen LogP contribution >= 0.6 is 0 Å². The van der Waals surface area contributed by atoms with E-state index in [2.05, 4.69) is 10.3 Å². The molecule has 0 unspecified atom stereocenters. The zero-order valence-electron chi connectivity index (χ0n) is 24.2. The van der Waals surface area contributed by atoms with Crippen molar-refractivity contribution in [3.8, 4) is 34.4 Å². The van der Waals surface area contributed by atoms with E-state index in [1.54, 1.807) is 18.2 Å². The maximum Gasteiger partial charge on any atom is 0.417 e. The number of hydrogen-bond acceptors (Lipinski definition) is 9. The average molecular weight is 632 g/mol. The first kappa shape index (κ1) is 30.5. The van der Waals surface area contributed by atoms with Gasteiger partial charge >= 0.3 is 6.09 Å². The zero-order chi connectivity index (χ0) is 31.9. The highest BCUT2D eigenvalue weighted by atomic mass is 19.1. The van der Waals surface area contributed by atoms with E-state index < -0.39 is 23.3 Å². The number of amides is 1. The van der Waals surface area contributed by atoms with E-state index >= 15 is 4.39 Å². The minimum atomic E-state index is -1.02. The Hall–Kier alpha value is -5.53. The van der Waals surface area contributed by atoms with Crippen LogP contribution in [-0.2, 0) is 9.47 Å². The molecule has 2 aromatic heterocycles. The van der Waals surface area contributed by atoms with Crippen molar-refractivity contribution in [2.24, 2.45) is 0 Å². The zero-order valence-corrected chi connectivity index (χ0v) is 24.2. The van der Waals surface area contributed by atoms with Gasteiger partial charge in [-0.3, -0.25) is 19.7 Å². The lowest BCUT2D eigenvalue weighted by Gasteiger charge is -2.17. The van der Waals surface area contributed by atoms with E-state index in [4.69, 9.17) is 28.4 Å². The number of ether oxygens (including phenoxy) is 6. The Bertz CT molecular complexity index is 1920. The normalized spacial score (nSPS) is 13.7. The maximum absolute atomic E-state index is 15.2. The lowest BCUT2D eigenvalue weighted by molar-refractivity contribution is 0.0224. The van der Waals surface area contributed by atoms with Crippen LogP contribution in [0.2, 0.25) is 0 Å². The molecule has 0 fully saturated rings. The van der Waals surface area contributed by atoms with Gasteiger partial charge in [0.1, 0.15) is 24.8 Å². The maximum atomic E-state index is 15.2. The van der Waals surface area contributed by atoms with Gasteiger partial charge in [0.15, 0.2) is 28.8 Å². The molecular formula is C33H27F2N3O8. The van der Waals surface area contributed by atoms with Crippen LogP contribution in [0.15, 0.2) is 90.0 Å². The van der Waals surface area contributed by atoms with Gasteiger partial charge in [0.25, 0.3) is 5.56 Å². The molecule has 236 valence electrons. The fraction of sp³-hybridized carbons (Fsp3) is 0.182. The Morgan fingerprint density at radius 2 is 1.52 bits per heavy atom. The van der Waals surface area contributed by atoms with E-state index in [1.165, 1.54) is 65.5 Å². The quantitative estimate of drug-likeness (QED) is 0.254. The molecule has 0 bridgehead atoms. The number of aromatic nitrogens is 2. The number of fused-ring (bicyclic) bond motifs is 2. The number of nitrogens with zero attached hydrogens (tertiary/aromatic N) is 2. The second kappa shape index (κ2) is 14.1. The van der Waals surface area contributed by atoms with Gasteiger partial charge in [-0.2, -0.15) is 0 Å². The van der Waals surface area contributed by atoms with Gasteiger partial charge in [-0.1, -0.05) is 0 Å². The third-order valence-corrected chi connectivity index (χ3v) is 6.73. The third kappa shape index (κ3) is 7.22. The molecule has 5 aromatic rings. The molecule has 0 aliphatic carbocycles. The molecule has 1 N–H and O–H groups in total. The SMILES string of the molecule is O=C(Nc1ccc(Oc2ccnc3cc4c(cc23)OCCOCCOCCO4)c(F)c1)Oc1cccn(-c2ccc(F)cc2)c1=O. The minimum absolute atomic E-state index is 0.0565. The summed E-state index contributed by atoms with van der Waals surface area (Å²) in [5.74, 6) is -0.413. The average Bonchev–Trinajstić information content (AvgIpc) is 3.04. The van der Waals surface area contributed by atoms with Crippen LogP contribution in [0.4, 0.5) is 19.3 Å². The fourth-order valence-corrected chi connectivity index (χ4v) is 4.57. The van der Waals surface area contributed by atoms with Gasteiger partial charge in [0.05, 0.1) is 31.9 Å². The molecule has 3 aromatic carbocycles. The highest BCUT2D eigenvalue weighted by Crippen LogP contribution is 2.38. The Morgan fingerprint density at radius 3 is 2.26 bits per heavy atom. The lowest BCUT2D eigenvalue weighted by atomic mass is 10.1. The van der Waals surface area contributed by atoms with Gasteiger partial charge in [-0.25, -0.2) is 13.6 Å². The Kier molecular flexibility index (Phi) is 9.32. The molecule has 13 heteroatoms. The number of nitrogens with one attached hydrogen (secondary N) is 1. The van der Waals surface area contributed by atoms with E-state index in [9.17, 15) is 14.0 Å². The number of pyridine rings is 2. The molecule has 0 saturated heterocycles. The molecular weight excluding hydrogens is 604 g/mol. The van der Waals surface area contributed by atoms with E-state index in [1.807, 2.05) is 0 Å². The molecule has 0 spiro atoms. The summed E-state index contributed by atoms with van der Waals surface area (Å²) in [6.07, 6.45) is 1.96. The number of hydrogen-bond donors (Lipinski definition) is 1. The fourth-order valence-electron chi connectivity index (χ4n) is 4.57. The molecule has 11 nitrogen and oxygen atoms in total. The predicted molar refractivity (Wildman–Crippen MR) is 162 cm³/mol. The molecule has 3 heterocycles. The van der Waals surface area contributed by atoms with Crippen LogP contribution in [0.1, 0.15) is 0 Å². The van der Waals surface area contributed by atoms with Crippen molar-refractivity contribution in [1.29, 1.82) is 0 Å². The number of carbonyl (C=O) groups excluding carboxylic acids is 1. The number of rotatable bonds is 5. The Labute approximate surface area is 260 Å². The molecule has 0 saturated carbocycles. The van der Waals surface area contributed by atoms with E-state index in [0.29, 0.717) is 66.9 Å². The summed E-state index contributed by atoms with van der Waals surface area (Å²) in [6, 6.07) is 16.8. The van der Waals surface area contributed by atoms with Crippen molar-refractivity contribution in [3.63, 3.8) is 0 Å². The first-order valence-corrected chi connectivity index (χ1v) is 14.2. The topological polar surface area (TPSA) is 119 Å². The first-order valence-electron chi connectivity index (χ1n) is 14.2. The molecule has 0 radical (unpaired) electrons. The van der Waals surface area contributed by atoms with Crippen molar-refractivity contribution in [2.45, 2.75) is 0 Å². The minimum Gasteiger partial charge on any atom is -0.487 e. The van der Waals surface area contributed by atoms with Gasteiger partial charge < -0.3 is 28.4 Å². The van der Waals surface area contributed by atoms with Crippen molar-refractivity contribution < 1.29 is 42.0 Å². The Balaban J connectivity index is 1.16. The number of halogens is 2. The molecule has 46 heavy (non-hydrogen) atoms. The highest BCUT2D eigenvalue weighted by Gasteiger charge is 2.16. The van der Waals surface area contributed by atoms with Crippen LogP contribution in [0.25, 0.3) is 16.6 Å². The molecule has 1 aliphatic rings. The van der Waals surface area contributed by atoms with Crippen molar-refractivity contribution >= 4 is 22.7 Å². The lowest BCUT2D eigenvalue weighted by Crippen LogP contribution is -2.24. The summed E-state index contributed by atoms with van der Waals surface area (Å²) in [7, 11) is 0. The van der Waals surface area contributed by atoms with Crippen molar-refractivity contribution in [1.82, 2.24) is 9.55 Å². The molecule has 1 aliphatic heterocycles. The van der Waals surface area contributed by atoms with Crippen molar-refractivity contribution in [3.05, 3.63) is 107 Å². The standard InChI is InChI=1S/C33H27F2N3O8/c34-21-3-6-23(7-4-21)38-11-1-2-29(32(38)39)46-33(40)37-22-5-8-28(25(35)18-22)45-27-9-10-36-26-20-31-30(19-24(26)27)43-16-14-41-12-13-42-15-17-44-31/h1-11,18-20H,12-17H2,(H,37,40). The Morgan fingerprint density at radius 1 is 0.804 bits per heavy atom. The monoisotopic (exact) mass is 631 g/mol. The molecule has 6 rings (SSSR count). The second-order valence-corrected chi connectivity index (χ2v) is 9.83. The largest absolute Gasteiger partial charge is 0.487 e. The van der Waals surface area contributed by atoms with E-state index in [-0.39, 0.29) is 23.8 Å². The first-order chi connectivity index (χ1) is 22.4. The predicted octanol–water partition coefficient (Wildman–Crippen LogP) is 5.87. The summed E-state index contributed by atoms with van der Waals surface area (Å²) >= 11 is 0. The molecule has 1 amide bonds. The number of carbonyl (C=O) groups is 1. The van der Waals surface area contributed by atoms with Crippen LogP contribution in [0.3, 0.4) is 0 Å². The summed E-state index contributed by atoms with van der Waals surface area (Å²) in [5, 5.41) is 2.94. The van der Waals surface area contributed by atoms with Crippen molar-refractivity contribution in [2.75, 3.05) is 45.0 Å². The summed E-state index contributed by atoms with van der Waals surface area (Å²) in [5.41, 5.74) is 0.323. The molecule has 0 atom stereocenters. The second-order valence-electron chi connectivity index (χ2n) is 9.83. The van der Waals surface area contributed by atoms with Crippen LogP contribution in [0, 0.1) is 11.6 Å². The van der Waals surface area contributed by atoms with Gasteiger partial charge in [-0.15, -0.1) is 0 Å². The van der Waals surface area contributed by atoms with Crippen LogP contribution < -0.4 is 29.8 Å². The summed E-state index contributed by atoms with van der Waals surface area (Å²) < 4.78 is 63.5. The number of anilines is 1. The number of benzene rings is 3. The van der Waals surface area contributed by atoms with E-state index in [0.717, 1.165) is 6.07 Å². The summed E-state index contributed by atoms with van der Waals surface area (Å²) in [4.78, 5) is 29.8. The highest BCUT2D eigenvalue weighted by molar-refractivity contribution is 5.89. The van der Waals surface area contributed by atoms with Gasteiger partial charge in [-0.05, 0) is 60.7 Å². The van der Waals surface area contributed by atoms with Gasteiger partial charge in [0, 0.05) is 41.3 Å².